The molecule has 0 fully saturated rings. The van der Waals surface area contributed by atoms with E-state index in [9.17, 15) is 8.78 Å². The van der Waals surface area contributed by atoms with Gasteiger partial charge in [-0.2, -0.15) is 10.2 Å². The number of aryl methyl sites for hydroxylation is 2. The van der Waals surface area contributed by atoms with Crippen LogP contribution in [0, 0.1) is 18.6 Å². The van der Waals surface area contributed by atoms with Crippen molar-refractivity contribution in [2.24, 2.45) is 5.73 Å². The van der Waals surface area contributed by atoms with Gasteiger partial charge in [-0.25, -0.2) is 8.78 Å². The van der Waals surface area contributed by atoms with Gasteiger partial charge in [0.1, 0.15) is 11.6 Å². The summed E-state index contributed by atoms with van der Waals surface area (Å²) < 4.78 is 27.5. The van der Waals surface area contributed by atoms with E-state index in [2.05, 4.69) is 10.2 Å². The van der Waals surface area contributed by atoms with E-state index in [0.29, 0.717) is 23.4 Å². The van der Waals surface area contributed by atoms with Crippen LogP contribution in [0.15, 0.2) is 24.3 Å². The van der Waals surface area contributed by atoms with Crippen LogP contribution in [0.25, 0.3) is 0 Å². The van der Waals surface area contributed by atoms with Crippen LogP contribution in [0.5, 0.6) is 0 Å². The lowest BCUT2D eigenvalue weighted by atomic mass is 9.96. The van der Waals surface area contributed by atoms with Crippen molar-refractivity contribution in [1.29, 1.82) is 0 Å². The molecular weight excluding hydrogens is 248 g/mol. The number of nitrogens with two attached hydrogens (primary N) is 1. The second-order valence-electron chi connectivity index (χ2n) is 4.35. The Labute approximate surface area is 110 Å². The molecule has 0 saturated heterocycles. The van der Waals surface area contributed by atoms with Gasteiger partial charge in [0.2, 0.25) is 0 Å². The van der Waals surface area contributed by atoms with Crippen molar-refractivity contribution in [3.63, 3.8) is 0 Å². The van der Waals surface area contributed by atoms with Gasteiger partial charge in [0, 0.05) is 5.56 Å². The third kappa shape index (κ3) is 2.61. The predicted octanol–water partition coefficient (Wildman–Crippen LogP) is 2.67. The maximum absolute atomic E-state index is 13.8. The van der Waals surface area contributed by atoms with E-state index in [4.69, 9.17) is 5.73 Å². The van der Waals surface area contributed by atoms with E-state index >= 15 is 0 Å². The van der Waals surface area contributed by atoms with Gasteiger partial charge >= 0.3 is 0 Å². The average Bonchev–Trinajstić information content (AvgIpc) is 2.38. The molecule has 0 amide bonds. The molecule has 0 aliphatic carbocycles. The van der Waals surface area contributed by atoms with E-state index < -0.39 is 17.7 Å². The second-order valence-corrected chi connectivity index (χ2v) is 4.35. The van der Waals surface area contributed by atoms with Crippen LogP contribution in [0.1, 0.15) is 35.5 Å². The Hall–Kier alpha value is -1.88. The molecule has 3 nitrogen and oxygen atoms in total. The molecule has 100 valence electrons. The first kappa shape index (κ1) is 13.5. The predicted molar refractivity (Wildman–Crippen MR) is 68.5 cm³/mol. The minimum Gasteiger partial charge on any atom is -0.320 e. The maximum Gasteiger partial charge on any atom is 0.131 e. The highest BCUT2D eigenvalue weighted by Gasteiger charge is 2.21. The number of halogens is 2. The Kier molecular flexibility index (Phi) is 3.85. The Balaban J connectivity index is 2.55. The molecule has 0 radical (unpaired) electrons. The standard InChI is InChI=1S/C14H15F2N3/c1-3-12-9(7-8(2)18-19-12)14(17)13-10(15)5-4-6-11(13)16/h4-7,14H,3,17H2,1-2H3. The van der Waals surface area contributed by atoms with Crippen molar-refractivity contribution in [2.45, 2.75) is 26.3 Å². The van der Waals surface area contributed by atoms with Crippen molar-refractivity contribution in [1.82, 2.24) is 10.2 Å². The Morgan fingerprint density at radius 1 is 1.21 bits per heavy atom. The van der Waals surface area contributed by atoms with Gasteiger partial charge in [-0.05, 0) is 37.1 Å². The zero-order chi connectivity index (χ0) is 14.0. The van der Waals surface area contributed by atoms with E-state index in [1.54, 1.807) is 13.0 Å². The number of hydrogen-bond acceptors (Lipinski definition) is 3. The quantitative estimate of drug-likeness (QED) is 0.926. The molecule has 1 heterocycles. The largest absolute Gasteiger partial charge is 0.320 e. The Morgan fingerprint density at radius 2 is 1.84 bits per heavy atom. The zero-order valence-corrected chi connectivity index (χ0v) is 10.8. The van der Waals surface area contributed by atoms with Gasteiger partial charge in [0.05, 0.1) is 17.4 Å². The summed E-state index contributed by atoms with van der Waals surface area (Å²) in [6.07, 6.45) is 0.604. The minimum absolute atomic E-state index is 0.135. The highest BCUT2D eigenvalue weighted by atomic mass is 19.1. The molecule has 5 heteroatoms. The van der Waals surface area contributed by atoms with Gasteiger partial charge in [-0.15, -0.1) is 0 Å². The van der Waals surface area contributed by atoms with Crippen molar-refractivity contribution >= 4 is 0 Å². The minimum atomic E-state index is -0.884. The third-order valence-corrected chi connectivity index (χ3v) is 3.01. The monoisotopic (exact) mass is 263 g/mol. The van der Waals surface area contributed by atoms with Gasteiger partial charge in [0.15, 0.2) is 0 Å². The van der Waals surface area contributed by atoms with E-state index in [1.165, 1.54) is 18.2 Å². The average molecular weight is 263 g/mol. The second kappa shape index (κ2) is 5.40. The molecule has 1 atom stereocenters. The van der Waals surface area contributed by atoms with Gasteiger partial charge in [-0.1, -0.05) is 13.0 Å². The molecule has 0 saturated carbocycles. The lowest BCUT2D eigenvalue weighted by molar-refractivity contribution is 0.541. The fourth-order valence-corrected chi connectivity index (χ4v) is 2.04. The summed E-state index contributed by atoms with van der Waals surface area (Å²) in [5.41, 5.74) is 7.81. The van der Waals surface area contributed by atoms with Gasteiger partial charge in [0.25, 0.3) is 0 Å². The Morgan fingerprint density at radius 3 is 2.42 bits per heavy atom. The summed E-state index contributed by atoms with van der Waals surface area (Å²) in [7, 11) is 0. The van der Waals surface area contributed by atoms with Crippen LogP contribution in [-0.2, 0) is 6.42 Å². The molecule has 0 spiro atoms. The SMILES string of the molecule is CCc1nnc(C)cc1C(N)c1c(F)cccc1F. The molecule has 2 rings (SSSR count). The van der Waals surface area contributed by atoms with Crippen molar-refractivity contribution < 1.29 is 8.78 Å². The summed E-state index contributed by atoms with van der Waals surface area (Å²) in [6, 6.07) is 4.56. The fraction of sp³-hybridized carbons (Fsp3) is 0.286. The van der Waals surface area contributed by atoms with Crippen LogP contribution in [0.3, 0.4) is 0 Å². The van der Waals surface area contributed by atoms with Crippen LogP contribution in [0.4, 0.5) is 8.78 Å². The molecule has 1 unspecified atom stereocenters. The zero-order valence-electron chi connectivity index (χ0n) is 10.8. The molecule has 1 aromatic heterocycles. The molecular formula is C14H15F2N3. The molecule has 19 heavy (non-hydrogen) atoms. The van der Waals surface area contributed by atoms with Gasteiger partial charge in [-0.3, -0.25) is 0 Å². The first-order valence-corrected chi connectivity index (χ1v) is 6.07. The van der Waals surface area contributed by atoms with E-state index in [0.717, 1.165) is 0 Å². The lowest BCUT2D eigenvalue weighted by Gasteiger charge is -2.17. The first-order valence-electron chi connectivity index (χ1n) is 6.07. The summed E-state index contributed by atoms with van der Waals surface area (Å²) >= 11 is 0. The van der Waals surface area contributed by atoms with Crippen molar-refractivity contribution in [3.8, 4) is 0 Å². The highest BCUT2D eigenvalue weighted by molar-refractivity contribution is 5.35. The molecule has 2 aromatic rings. The number of aromatic nitrogens is 2. The summed E-state index contributed by atoms with van der Waals surface area (Å²) in [6.45, 7) is 3.66. The van der Waals surface area contributed by atoms with Crippen molar-refractivity contribution in [3.05, 3.63) is 58.4 Å². The highest BCUT2D eigenvalue weighted by Crippen LogP contribution is 2.26. The molecule has 2 N–H and O–H groups in total. The van der Waals surface area contributed by atoms with Crippen LogP contribution in [0.2, 0.25) is 0 Å². The van der Waals surface area contributed by atoms with Crippen molar-refractivity contribution in [2.75, 3.05) is 0 Å². The van der Waals surface area contributed by atoms with E-state index in [-0.39, 0.29) is 5.56 Å². The Bertz CT molecular complexity index is 579. The number of hydrogen-bond donors (Lipinski definition) is 1. The van der Waals surface area contributed by atoms with Crippen LogP contribution in [-0.4, -0.2) is 10.2 Å². The summed E-state index contributed by atoms with van der Waals surface area (Å²) in [5.74, 6) is -1.30. The summed E-state index contributed by atoms with van der Waals surface area (Å²) in [4.78, 5) is 0. The number of benzene rings is 1. The van der Waals surface area contributed by atoms with Crippen LogP contribution >= 0.6 is 0 Å². The lowest BCUT2D eigenvalue weighted by Crippen LogP contribution is -2.18. The van der Waals surface area contributed by atoms with E-state index in [1.807, 2.05) is 6.92 Å². The summed E-state index contributed by atoms with van der Waals surface area (Å²) in [5, 5.41) is 7.97. The number of nitrogens with zero attached hydrogens (tertiary/aromatic N) is 2. The smallest absolute Gasteiger partial charge is 0.131 e. The third-order valence-electron chi connectivity index (χ3n) is 3.01. The normalized spacial score (nSPS) is 12.5. The fourth-order valence-electron chi connectivity index (χ4n) is 2.04. The number of rotatable bonds is 3. The molecule has 0 bridgehead atoms. The van der Waals surface area contributed by atoms with Gasteiger partial charge < -0.3 is 5.73 Å². The molecule has 0 aliphatic heterocycles. The topological polar surface area (TPSA) is 51.8 Å². The first-order chi connectivity index (χ1) is 9.04. The molecule has 1 aromatic carbocycles. The van der Waals surface area contributed by atoms with Crippen LogP contribution < -0.4 is 5.73 Å². The molecule has 0 aliphatic rings. The maximum atomic E-state index is 13.8.